The molecule has 0 saturated heterocycles. The molecule has 0 amide bonds. The zero-order valence-electron chi connectivity index (χ0n) is 17.6. The molecule has 1 unspecified atom stereocenters. The van der Waals surface area contributed by atoms with Crippen LogP contribution < -0.4 is 24.7 Å². The highest BCUT2D eigenvalue weighted by Crippen LogP contribution is 2.44. The number of nitriles is 1. The zero-order valence-corrected chi connectivity index (χ0v) is 17.6. The maximum atomic E-state index is 14.5. The van der Waals surface area contributed by atoms with Crippen molar-refractivity contribution in [3.8, 4) is 29.1 Å². The molecule has 1 aliphatic rings. The number of carbonyl (C=O) groups is 1. The van der Waals surface area contributed by atoms with Crippen LogP contribution in [-0.4, -0.2) is 19.7 Å². The van der Waals surface area contributed by atoms with Crippen molar-refractivity contribution in [3.63, 3.8) is 0 Å². The number of methoxy groups -OCH3 is 1. The van der Waals surface area contributed by atoms with Gasteiger partial charge in [-0.25, -0.2) is 9.18 Å². The molecule has 3 aromatic carbocycles. The summed E-state index contributed by atoms with van der Waals surface area (Å²) >= 11 is 0. The molecule has 1 atom stereocenters. The first kappa shape index (κ1) is 21.7. The van der Waals surface area contributed by atoms with Gasteiger partial charge in [-0.3, -0.25) is 0 Å². The van der Waals surface area contributed by atoms with Crippen LogP contribution in [0.4, 0.5) is 4.39 Å². The van der Waals surface area contributed by atoms with Gasteiger partial charge in [0.2, 0.25) is 5.88 Å². The van der Waals surface area contributed by atoms with Crippen molar-refractivity contribution in [2.24, 2.45) is 5.73 Å². The Hall–Kier alpha value is -4.51. The van der Waals surface area contributed by atoms with Crippen molar-refractivity contribution in [1.29, 1.82) is 5.26 Å². The second kappa shape index (κ2) is 9.32. The van der Waals surface area contributed by atoms with E-state index in [0.717, 1.165) is 0 Å². The van der Waals surface area contributed by atoms with E-state index in [9.17, 15) is 14.4 Å². The standard InChI is InChI=1S/C25H19FN2O5/c1-30-15-6-8-16(9-7-15)31-14-23(29)32-17-10-11-19-22(12-17)33-25(28)20(13-27)24(19)18-4-2-3-5-21(18)26/h2-12,24H,14,28H2,1H3. The number of halogens is 1. The number of hydrogen-bond acceptors (Lipinski definition) is 7. The molecule has 7 nitrogen and oxygen atoms in total. The first-order valence-electron chi connectivity index (χ1n) is 9.93. The maximum Gasteiger partial charge on any atom is 0.349 e. The monoisotopic (exact) mass is 446 g/mol. The number of carbonyl (C=O) groups excluding carboxylic acids is 1. The maximum absolute atomic E-state index is 14.5. The van der Waals surface area contributed by atoms with Crippen molar-refractivity contribution < 1.29 is 28.1 Å². The minimum atomic E-state index is -0.747. The van der Waals surface area contributed by atoms with Crippen LogP contribution in [0.5, 0.6) is 23.0 Å². The number of fused-ring (bicyclic) bond motifs is 1. The Balaban J connectivity index is 1.52. The average Bonchev–Trinajstić information content (AvgIpc) is 2.82. The van der Waals surface area contributed by atoms with E-state index in [-0.39, 0.29) is 29.6 Å². The van der Waals surface area contributed by atoms with E-state index in [2.05, 4.69) is 0 Å². The topological polar surface area (TPSA) is 104 Å². The van der Waals surface area contributed by atoms with Gasteiger partial charge in [0.1, 0.15) is 40.5 Å². The van der Waals surface area contributed by atoms with Crippen molar-refractivity contribution in [1.82, 2.24) is 0 Å². The Kier molecular flexibility index (Phi) is 6.13. The van der Waals surface area contributed by atoms with Gasteiger partial charge in [0, 0.05) is 17.2 Å². The molecule has 3 aromatic rings. The molecule has 0 spiro atoms. The van der Waals surface area contributed by atoms with Crippen LogP contribution in [0.25, 0.3) is 0 Å². The predicted octanol–water partition coefficient (Wildman–Crippen LogP) is 4.04. The van der Waals surface area contributed by atoms with Gasteiger partial charge < -0.3 is 24.7 Å². The van der Waals surface area contributed by atoms with Gasteiger partial charge in [0.15, 0.2) is 6.61 Å². The quantitative estimate of drug-likeness (QED) is 0.450. The first-order chi connectivity index (χ1) is 16.0. The second-order valence-electron chi connectivity index (χ2n) is 7.08. The number of allylic oxidation sites excluding steroid dienone is 1. The molecule has 0 radical (unpaired) electrons. The third-order valence-electron chi connectivity index (χ3n) is 5.05. The molecule has 1 aliphatic heterocycles. The van der Waals surface area contributed by atoms with Crippen molar-refractivity contribution in [3.05, 3.63) is 95.1 Å². The third kappa shape index (κ3) is 4.57. The molecule has 2 N–H and O–H groups in total. The lowest BCUT2D eigenvalue weighted by molar-refractivity contribution is -0.136. The molecule has 8 heteroatoms. The van der Waals surface area contributed by atoms with Crippen molar-refractivity contribution in [2.45, 2.75) is 5.92 Å². The SMILES string of the molecule is COc1ccc(OCC(=O)Oc2ccc3c(c2)OC(N)=C(C#N)C3c2ccccc2F)cc1. The fourth-order valence-corrected chi connectivity index (χ4v) is 3.50. The Morgan fingerprint density at radius 2 is 1.76 bits per heavy atom. The Bertz CT molecular complexity index is 1260. The van der Waals surface area contributed by atoms with E-state index in [4.69, 9.17) is 24.7 Å². The Morgan fingerprint density at radius 3 is 2.45 bits per heavy atom. The largest absolute Gasteiger partial charge is 0.497 e. The van der Waals surface area contributed by atoms with E-state index < -0.39 is 17.7 Å². The van der Waals surface area contributed by atoms with E-state index in [1.54, 1.807) is 55.6 Å². The van der Waals surface area contributed by atoms with Gasteiger partial charge in [0.25, 0.3) is 0 Å². The van der Waals surface area contributed by atoms with Crippen LogP contribution in [-0.2, 0) is 4.79 Å². The molecular formula is C25H19FN2O5. The highest BCUT2D eigenvalue weighted by Gasteiger charge is 2.32. The lowest BCUT2D eigenvalue weighted by Gasteiger charge is -2.27. The molecule has 0 aliphatic carbocycles. The van der Waals surface area contributed by atoms with Crippen molar-refractivity contribution in [2.75, 3.05) is 13.7 Å². The van der Waals surface area contributed by atoms with Gasteiger partial charge in [0.05, 0.1) is 13.0 Å². The van der Waals surface area contributed by atoms with Crippen LogP contribution in [0.2, 0.25) is 0 Å². The highest BCUT2D eigenvalue weighted by molar-refractivity contribution is 5.74. The molecule has 0 aromatic heterocycles. The zero-order chi connectivity index (χ0) is 23.4. The number of nitrogens with zero attached hydrogens (tertiary/aromatic N) is 1. The summed E-state index contributed by atoms with van der Waals surface area (Å²) in [6, 6.07) is 19.5. The summed E-state index contributed by atoms with van der Waals surface area (Å²) in [5.74, 6) is -0.376. The van der Waals surface area contributed by atoms with Crippen molar-refractivity contribution >= 4 is 5.97 Å². The van der Waals surface area contributed by atoms with Crippen LogP contribution in [0.1, 0.15) is 17.0 Å². The number of nitrogens with two attached hydrogens (primary N) is 1. The van der Waals surface area contributed by atoms with Crippen LogP contribution in [0, 0.1) is 17.1 Å². The third-order valence-corrected chi connectivity index (χ3v) is 5.05. The fourth-order valence-electron chi connectivity index (χ4n) is 3.50. The van der Waals surface area contributed by atoms with E-state index in [1.165, 1.54) is 18.2 Å². The number of ether oxygens (including phenoxy) is 4. The van der Waals surface area contributed by atoms with E-state index in [0.29, 0.717) is 22.6 Å². The number of benzene rings is 3. The molecule has 33 heavy (non-hydrogen) atoms. The summed E-state index contributed by atoms with van der Waals surface area (Å²) in [4.78, 5) is 12.2. The molecule has 0 fully saturated rings. The van der Waals surface area contributed by atoms with Crippen LogP contribution in [0.15, 0.2) is 78.2 Å². The fraction of sp³-hybridized carbons (Fsp3) is 0.120. The molecular weight excluding hydrogens is 427 g/mol. The van der Waals surface area contributed by atoms with E-state index >= 15 is 0 Å². The summed E-state index contributed by atoms with van der Waals surface area (Å²) in [7, 11) is 1.55. The average molecular weight is 446 g/mol. The van der Waals surface area contributed by atoms with Gasteiger partial charge in [-0.15, -0.1) is 0 Å². The molecule has 4 rings (SSSR count). The molecule has 0 saturated carbocycles. The number of rotatable bonds is 6. The molecule has 1 heterocycles. The lowest BCUT2D eigenvalue weighted by atomic mass is 9.83. The van der Waals surface area contributed by atoms with Crippen LogP contribution >= 0.6 is 0 Å². The summed E-state index contributed by atoms with van der Waals surface area (Å²) in [6.45, 7) is -0.317. The minimum Gasteiger partial charge on any atom is -0.497 e. The number of esters is 1. The second-order valence-corrected chi connectivity index (χ2v) is 7.08. The first-order valence-corrected chi connectivity index (χ1v) is 9.93. The van der Waals surface area contributed by atoms with Gasteiger partial charge in [-0.1, -0.05) is 24.3 Å². The normalized spacial score (nSPS) is 14.5. The lowest BCUT2D eigenvalue weighted by Crippen LogP contribution is -2.22. The Morgan fingerprint density at radius 1 is 1.06 bits per heavy atom. The van der Waals surface area contributed by atoms with E-state index in [1.807, 2.05) is 6.07 Å². The smallest absolute Gasteiger partial charge is 0.349 e. The summed E-state index contributed by atoms with van der Waals surface area (Å²) in [6.07, 6.45) is 0. The summed E-state index contributed by atoms with van der Waals surface area (Å²) < 4.78 is 35.9. The summed E-state index contributed by atoms with van der Waals surface area (Å²) in [5, 5.41) is 9.58. The predicted molar refractivity (Wildman–Crippen MR) is 116 cm³/mol. The molecule has 0 bridgehead atoms. The minimum absolute atomic E-state index is 0.102. The summed E-state index contributed by atoms with van der Waals surface area (Å²) in [5.41, 5.74) is 6.86. The van der Waals surface area contributed by atoms with Gasteiger partial charge in [-0.05, 0) is 36.4 Å². The van der Waals surface area contributed by atoms with Gasteiger partial charge >= 0.3 is 5.97 Å². The number of hydrogen-bond donors (Lipinski definition) is 1. The van der Waals surface area contributed by atoms with Gasteiger partial charge in [-0.2, -0.15) is 5.26 Å². The van der Waals surface area contributed by atoms with Crippen LogP contribution in [0.3, 0.4) is 0 Å². The Labute approximate surface area is 189 Å². The highest BCUT2D eigenvalue weighted by atomic mass is 19.1. The molecule has 166 valence electrons.